The number of amides is 4. The largest absolute Gasteiger partial charge is 0.444 e. The van der Waals surface area contributed by atoms with Crippen molar-refractivity contribution in [3.8, 4) is 22.5 Å². The minimum absolute atomic E-state index is 0.166. The zero-order valence-corrected chi connectivity index (χ0v) is 34.5. The first-order valence-electron chi connectivity index (χ1n) is 20.0. The highest BCUT2D eigenvalue weighted by Crippen LogP contribution is 2.29. The van der Waals surface area contributed by atoms with E-state index in [9.17, 15) is 19.2 Å². The van der Waals surface area contributed by atoms with Crippen molar-refractivity contribution in [1.82, 2.24) is 46.1 Å². The molecule has 0 saturated heterocycles. The topological polar surface area (TPSA) is 207 Å². The number of fused-ring (bicyclic) bond motifs is 1. The monoisotopic (exact) mass is 806 g/mol. The average molecular weight is 807 g/mol. The normalized spacial score (nSPS) is 16.2. The fourth-order valence-electron chi connectivity index (χ4n) is 6.97. The number of ether oxygens (including phenoxy) is 2. The molecular formula is C43H54N10O6. The molecule has 0 spiro atoms. The maximum absolute atomic E-state index is 13.9. The molecule has 59 heavy (non-hydrogen) atoms. The van der Waals surface area contributed by atoms with E-state index in [2.05, 4.69) is 46.9 Å². The quantitative estimate of drug-likeness (QED) is 0.0884. The van der Waals surface area contributed by atoms with Gasteiger partial charge in [0.25, 0.3) is 0 Å². The Morgan fingerprint density at radius 1 is 0.814 bits per heavy atom. The Morgan fingerprint density at radius 2 is 1.46 bits per heavy atom. The van der Waals surface area contributed by atoms with E-state index >= 15 is 0 Å². The van der Waals surface area contributed by atoms with Crippen molar-refractivity contribution >= 4 is 40.7 Å². The third kappa shape index (κ3) is 12.3. The van der Waals surface area contributed by atoms with Crippen molar-refractivity contribution < 1.29 is 28.7 Å². The molecule has 16 nitrogen and oxygen atoms in total. The second-order valence-corrected chi connectivity index (χ2v) is 16.9. The number of imidazole rings is 1. The van der Waals surface area contributed by atoms with Crippen molar-refractivity contribution in [3.05, 3.63) is 78.6 Å². The van der Waals surface area contributed by atoms with Crippen LogP contribution in [0.2, 0.25) is 0 Å². The van der Waals surface area contributed by atoms with E-state index in [-0.39, 0.29) is 30.1 Å². The Labute approximate surface area is 343 Å². The molecule has 1 aliphatic rings. The van der Waals surface area contributed by atoms with E-state index in [0.29, 0.717) is 44.0 Å². The molecule has 0 aliphatic heterocycles. The number of hydrogen-bond donors (Lipinski definition) is 5. The van der Waals surface area contributed by atoms with E-state index in [4.69, 9.17) is 9.47 Å². The lowest BCUT2D eigenvalue weighted by molar-refractivity contribution is -0.130. The van der Waals surface area contributed by atoms with Gasteiger partial charge in [-0.15, -0.1) is 10.2 Å². The molecule has 0 radical (unpaired) electrons. The van der Waals surface area contributed by atoms with Gasteiger partial charge in [0.2, 0.25) is 17.6 Å². The number of rotatable bonds is 13. The van der Waals surface area contributed by atoms with E-state index in [0.717, 1.165) is 46.1 Å². The number of anilines is 1. The number of alkyl carbamates (subject to hydrolysis) is 2. The highest BCUT2D eigenvalue weighted by atomic mass is 16.6. The Morgan fingerprint density at radius 3 is 2.10 bits per heavy atom. The summed E-state index contributed by atoms with van der Waals surface area (Å²) in [7, 11) is 0. The van der Waals surface area contributed by atoms with Gasteiger partial charge in [-0.05, 0) is 131 Å². The minimum Gasteiger partial charge on any atom is -0.444 e. The summed E-state index contributed by atoms with van der Waals surface area (Å²) in [4.78, 5) is 56.4. The van der Waals surface area contributed by atoms with Crippen LogP contribution in [0.4, 0.5) is 15.3 Å². The molecule has 0 unspecified atom stereocenters. The Hall–Kier alpha value is -6.32. The number of hydrogen-bond acceptors (Lipinski definition) is 10. The lowest BCUT2D eigenvalue weighted by Crippen LogP contribution is -2.48. The van der Waals surface area contributed by atoms with E-state index < -0.39 is 29.4 Å². The number of H-pyrrole nitrogens is 1. The maximum atomic E-state index is 13.9. The summed E-state index contributed by atoms with van der Waals surface area (Å²) < 4.78 is 12.7. The van der Waals surface area contributed by atoms with Gasteiger partial charge in [0.15, 0.2) is 0 Å². The predicted molar refractivity (Wildman–Crippen MR) is 223 cm³/mol. The lowest BCUT2D eigenvalue weighted by atomic mass is 9.81. The zero-order chi connectivity index (χ0) is 42.2. The standard InChI is InChI=1S/C43H54N10O6/c1-42(2,3)58-40(56)44-21-22-53-26-46-34-24-32(17-20-36(34)53)29-11-7-27(8-12-29)23-35(39(55)47-33-18-15-30(16-19-33)37-49-51-52-50-37)48-38(54)31-13-9-28(10-14-31)25-45-41(57)59-43(4,5)6/h7-8,11-12,15-20,24,26,28,31,35H,9-10,13-14,21-23,25H2,1-6H3,(H,44,56)(H,45,57)(H,47,55)(H,48,54)(H,49,50,51,52)/t28?,31?,35-/m0/s1. The fourth-order valence-corrected chi connectivity index (χ4v) is 6.97. The Bertz CT molecular complexity index is 2200. The van der Waals surface area contributed by atoms with E-state index in [1.54, 1.807) is 30.6 Å². The first-order chi connectivity index (χ1) is 28.1. The van der Waals surface area contributed by atoms with Crippen LogP contribution in [0.15, 0.2) is 73.1 Å². The smallest absolute Gasteiger partial charge is 0.407 e. The van der Waals surface area contributed by atoms with Gasteiger partial charge in [0.1, 0.15) is 17.2 Å². The molecule has 312 valence electrons. The molecule has 1 atom stereocenters. The molecule has 2 heterocycles. The number of carbonyl (C=O) groups excluding carboxylic acids is 4. The summed E-state index contributed by atoms with van der Waals surface area (Å²) in [6.45, 7) is 12.4. The molecule has 1 saturated carbocycles. The van der Waals surface area contributed by atoms with Gasteiger partial charge >= 0.3 is 12.2 Å². The van der Waals surface area contributed by atoms with Gasteiger partial charge in [-0.25, -0.2) is 14.6 Å². The van der Waals surface area contributed by atoms with Gasteiger partial charge in [-0.2, -0.15) is 5.21 Å². The molecule has 6 rings (SSSR count). The third-order valence-electron chi connectivity index (χ3n) is 9.91. The summed E-state index contributed by atoms with van der Waals surface area (Å²) in [5.74, 6) is -0.0806. The average Bonchev–Trinajstić information content (AvgIpc) is 3.87. The highest BCUT2D eigenvalue weighted by molar-refractivity contribution is 5.98. The SMILES string of the molecule is CC(C)(C)OC(=O)NCCn1cnc2cc(-c3ccc(C[C@H](NC(=O)C4CCC(CNC(=O)OC(C)(C)C)CC4)C(=O)Nc4ccc(-c5nn[nH]n5)cc4)cc3)ccc21. The number of aromatic nitrogens is 6. The molecule has 1 aliphatic carbocycles. The summed E-state index contributed by atoms with van der Waals surface area (Å²) in [6, 6.07) is 20.2. The van der Waals surface area contributed by atoms with Crippen molar-refractivity contribution in [2.45, 2.75) is 97.4 Å². The number of nitrogens with zero attached hydrogens (tertiary/aromatic N) is 5. The first-order valence-corrected chi connectivity index (χ1v) is 20.0. The summed E-state index contributed by atoms with van der Waals surface area (Å²) in [5.41, 5.74) is 4.75. The van der Waals surface area contributed by atoms with Gasteiger partial charge in [0.05, 0.1) is 17.4 Å². The van der Waals surface area contributed by atoms with E-state index in [1.165, 1.54) is 0 Å². The molecule has 3 aromatic carbocycles. The second kappa shape index (κ2) is 18.5. The van der Waals surface area contributed by atoms with Crippen molar-refractivity contribution in [1.29, 1.82) is 0 Å². The van der Waals surface area contributed by atoms with Crippen LogP contribution in [0.1, 0.15) is 72.8 Å². The molecule has 5 aromatic rings. The Kier molecular flexibility index (Phi) is 13.3. The number of tetrazole rings is 1. The number of benzene rings is 3. The van der Waals surface area contributed by atoms with Crippen LogP contribution >= 0.6 is 0 Å². The Balaban J connectivity index is 1.09. The van der Waals surface area contributed by atoms with Crippen LogP contribution in [-0.2, 0) is 32.0 Å². The fraction of sp³-hybridized carbons (Fsp3) is 0.442. The minimum atomic E-state index is -0.845. The summed E-state index contributed by atoms with van der Waals surface area (Å²) >= 11 is 0. The zero-order valence-electron chi connectivity index (χ0n) is 34.5. The van der Waals surface area contributed by atoms with Gasteiger partial charge in [-0.3, -0.25) is 9.59 Å². The van der Waals surface area contributed by atoms with Crippen molar-refractivity contribution in [3.63, 3.8) is 0 Å². The van der Waals surface area contributed by atoms with Crippen LogP contribution in [0.5, 0.6) is 0 Å². The van der Waals surface area contributed by atoms with Crippen LogP contribution in [-0.4, -0.2) is 84.5 Å². The molecule has 16 heteroatoms. The first kappa shape index (κ1) is 42.3. The van der Waals surface area contributed by atoms with Gasteiger partial charge in [-0.1, -0.05) is 30.3 Å². The lowest BCUT2D eigenvalue weighted by Gasteiger charge is -2.29. The van der Waals surface area contributed by atoms with Crippen LogP contribution in [0.25, 0.3) is 33.5 Å². The summed E-state index contributed by atoms with van der Waals surface area (Å²) in [6.07, 6.45) is 3.98. The maximum Gasteiger partial charge on any atom is 0.407 e. The van der Waals surface area contributed by atoms with Crippen LogP contribution < -0.4 is 21.3 Å². The summed E-state index contributed by atoms with van der Waals surface area (Å²) in [5, 5.41) is 25.7. The molecular weight excluding hydrogens is 753 g/mol. The number of aromatic amines is 1. The number of carbonyl (C=O) groups is 4. The molecule has 1 fully saturated rings. The predicted octanol–water partition coefficient (Wildman–Crippen LogP) is 6.41. The van der Waals surface area contributed by atoms with Gasteiger partial charge < -0.3 is 35.3 Å². The highest BCUT2D eigenvalue weighted by Gasteiger charge is 2.30. The van der Waals surface area contributed by atoms with Gasteiger partial charge in [0, 0.05) is 43.2 Å². The van der Waals surface area contributed by atoms with Crippen molar-refractivity contribution in [2.75, 3.05) is 18.4 Å². The third-order valence-corrected chi connectivity index (χ3v) is 9.91. The van der Waals surface area contributed by atoms with Crippen molar-refractivity contribution in [2.24, 2.45) is 11.8 Å². The molecule has 4 amide bonds. The second-order valence-electron chi connectivity index (χ2n) is 16.9. The van der Waals surface area contributed by atoms with Crippen LogP contribution in [0, 0.1) is 11.8 Å². The number of nitrogens with one attached hydrogen (secondary N) is 5. The molecule has 5 N–H and O–H groups in total. The van der Waals surface area contributed by atoms with E-state index in [1.807, 2.05) is 88.6 Å². The van der Waals surface area contributed by atoms with Crippen LogP contribution in [0.3, 0.4) is 0 Å². The molecule has 2 aromatic heterocycles. The molecule has 0 bridgehead atoms.